The summed E-state index contributed by atoms with van der Waals surface area (Å²) in [7, 11) is 0. The van der Waals surface area contributed by atoms with Gasteiger partial charge in [-0.05, 0) is 12.0 Å². The second-order valence-electron chi connectivity index (χ2n) is 5.44. The van der Waals surface area contributed by atoms with Gasteiger partial charge in [0.25, 0.3) is 0 Å². The van der Waals surface area contributed by atoms with Gasteiger partial charge >= 0.3 is 12.1 Å². The van der Waals surface area contributed by atoms with E-state index >= 15 is 0 Å². The summed E-state index contributed by atoms with van der Waals surface area (Å²) in [5, 5.41) is 13.1. The predicted octanol–water partition coefficient (Wildman–Crippen LogP) is 3.24. The maximum Gasteiger partial charge on any atom is 0.471 e. The average Bonchev–Trinajstić information content (AvgIpc) is 3.01. The Morgan fingerprint density at radius 2 is 1.88 bits per heavy atom. The topological polar surface area (TPSA) is 84.0 Å². The molecule has 2 N–H and O–H groups in total. The van der Waals surface area contributed by atoms with E-state index in [0.717, 1.165) is 17.8 Å². The van der Waals surface area contributed by atoms with Crippen molar-refractivity contribution in [3.8, 4) is 0 Å². The average molecular weight is 386 g/mol. The van der Waals surface area contributed by atoms with Crippen LogP contribution in [-0.2, 0) is 16.0 Å². The van der Waals surface area contributed by atoms with Crippen LogP contribution in [0, 0.1) is 0 Å². The Morgan fingerprint density at radius 1 is 1.19 bits per heavy atom. The zero-order valence-corrected chi connectivity index (χ0v) is 14.7. The number of nitrogens with zero attached hydrogens (tertiary/aromatic N) is 2. The van der Waals surface area contributed by atoms with Crippen LogP contribution in [0.5, 0.6) is 0 Å². The maximum atomic E-state index is 12.6. The number of rotatable bonds is 7. The number of nitrogens with one attached hydrogen (secondary N) is 2. The number of alkyl halides is 3. The van der Waals surface area contributed by atoms with Crippen molar-refractivity contribution in [2.45, 2.75) is 38.4 Å². The Bertz CT molecular complexity index is 749. The Labute approximate surface area is 151 Å². The molecule has 0 spiro atoms. The largest absolute Gasteiger partial charge is 0.471 e. The Hall–Kier alpha value is -2.49. The van der Waals surface area contributed by atoms with Gasteiger partial charge in [0.05, 0.1) is 12.5 Å². The first kappa shape index (κ1) is 19.8. The first-order chi connectivity index (χ1) is 12.3. The van der Waals surface area contributed by atoms with Crippen molar-refractivity contribution in [2.24, 2.45) is 0 Å². The van der Waals surface area contributed by atoms with Crippen LogP contribution < -0.4 is 10.6 Å². The number of amides is 2. The van der Waals surface area contributed by atoms with Gasteiger partial charge in [0.15, 0.2) is 0 Å². The maximum absolute atomic E-state index is 12.6. The molecule has 1 heterocycles. The summed E-state index contributed by atoms with van der Waals surface area (Å²) < 4.78 is 37.7. The van der Waals surface area contributed by atoms with E-state index in [-0.39, 0.29) is 11.6 Å². The third kappa shape index (κ3) is 5.80. The molecule has 0 aliphatic carbocycles. The fourth-order valence-electron chi connectivity index (χ4n) is 2.15. The Kier molecular flexibility index (Phi) is 6.67. The van der Waals surface area contributed by atoms with Crippen molar-refractivity contribution in [3.05, 3.63) is 40.9 Å². The highest BCUT2D eigenvalue weighted by Crippen LogP contribution is 2.23. The van der Waals surface area contributed by atoms with Gasteiger partial charge < -0.3 is 10.6 Å². The molecule has 0 bridgehead atoms. The second kappa shape index (κ2) is 8.75. The molecule has 26 heavy (non-hydrogen) atoms. The number of hydrogen-bond donors (Lipinski definition) is 2. The molecule has 1 aromatic heterocycles. The molecule has 0 fully saturated rings. The van der Waals surface area contributed by atoms with Crippen LogP contribution in [0.3, 0.4) is 0 Å². The molecular formula is C16H17F3N4O2S. The summed E-state index contributed by atoms with van der Waals surface area (Å²) in [5.74, 6) is -2.67. The van der Waals surface area contributed by atoms with Gasteiger partial charge in [0.1, 0.15) is 5.01 Å². The third-order valence-corrected chi connectivity index (χ3v) is 4.23. The first-order valence-electron chi connectivity index (χ1n) is 7.84. The number of aromatic nitrogens is 2. The third-order valence-electron chi connectivity index (χ3n) is 3.33. The van der Waals surface area contributed by atoms with E-state index in [1.807, 2.05) is 12.2 Å². The quantitative estimate of drug-likeness (QED) is 0.765. The minimum atomic E-state index is -5.03. The molecule has 2 amide bonds. The number of hydrogen-bond acceptors (Lipinski definition) is 5. The highest BCUT2D eigenvalue weighted by atomic mass is 32.1. The number of aryl methyl sites for hydroxylation is 1. The van der Waals surface area contributed by atoms with Crippen molar-refractivity contribution >= 4 is 28.3 Å². The van der Waals surface area contributed by atoms with Crippen LogP contribution in [0.1, 0.15) is 36.4 Å². The summed E-state index contributed by atoms with van der Waals surface area (Å²) in [4.78, 5) is 23.5. The molecule has 2 aromatic rings. The van der Waals surface area contributed by atoms with Gasteiger partial charge in [0, 0.05) is 6.42 Å². The molecule has 0 radical (unpaired) electrons. The SMILES string of the molecule is CCCc1nnc(NC(=O)C[C@H](NC(=O)C(F)(F)F)c2ccccc2)s1. The molecule has 6 nitrogen and oxygen atoms in total. The van der Waals surface area contributed by atoms with Crippen molar-refractivity contribution in [3.63, 3.8) is 0 Å². The fraction of sp³-hybridized carbons (Fsp3) is 0.375. The first-order valence-corrected chi connectivity index (χ1v) is 8.66. The van der Waals surface area contributed by atoms with Crippen molar-refractivity contribution in [1.29, 1.82) is 0 Å². The standard InChI is InChI=1S/C16H17F3N4O2S/c1-2-6-13-22-23-15(26-13)21-12(24)9-11(10-7-4-3-5-8-10)20-14(25)16(17,18)19/h3-5,7-8,11H,2,6,9H2,1H3,(H,20,25)(H,21,23,24)/t11-/m0/s1. The fourth-order valence-corrected chi connectivity index (χ4v) is 3.01. The van der Waals surface area contributed by atoms with E-state index in [1.54, 1.807) is 30.3 Å². The summed E-state index contributed by atoms with van der Waals surface area (Å²) in [5.41, 5.74) is 0.393. The van der Waals surface area contributed by atoms with E-state index in [2.05, 4.69) is 15.5 Å². The molecule has 2 rings (SSSR count). The minimum Gasteiger partial charge on any atom is -0.341 e. The number of carbonyl (C=O) groups is 2. The van der Waals surface area contributed by atoms with Crippen LogP contribution in [-0.4, -0.2) is 28.2 Å². The summed E-state index contributed by atoms with van der Waals surface area (Å²) in [6.07, 6.45) is -3.80. The zero-order valence-electron chi connectivity index (χ0n) is 13.8. The normalized spacial score (nSPS) is 12.5. The van der Waals surface area contributed by atoms with E-state index in [9.17, 15) is 22.8 Å². The Morgan fingerprint density at radius 3 is 2.50 bits per heavy atom. The molecular weight excluding hydrogens is 369 g/mol. The molecule has 0 unspecified atom stereocenters. The highest BCUT2D eigenvalue weighted by Gasteiger charge is 2.40. The molecule has 0 aliphatic heterocycles. The van der Waals surface area contributed by atoms with Gasteiger partial charge in [-0.15, -0.1) is 10.2 Å². The number of anilines is 1. The lowest BCUT2D eigenvalue weighted by molar-refractivity contribution is -0.174. The monoisotopic (exact) mass is 386 g/mol. The van der Waals surface area contributed by atoms with Crippen LogP contribution in [0.4, 0.5) is 18.3 Å². The molecule has 0 saturated carbocycles. The van der Waals surface area contributed by atoms with Gasteiger partial charge in [0.2, 0.25) is 11.0 Å². The summed E-state index contributed by atoms with van der Waals surface area (Å²) in [6, 6.07) is 6.87. The Balaban J connectivity index is 2.07. The number of carbonyl (C=O) groups excluding carboxylic acids is 2. The molecule has 10 heteroatoms. The van der Waals surface area contributed by atoms with Crippen LogP contribution in [0.25, 0.3) is 0 Å². The number of halogens is 3. The van der Waals surface area contributed by atoms with Crippen LogP contribution >= 0.6 is 11.3 Å². The number of benzene rings is 1. The summed E-state index contributed by atoms with van der Waals surface area (Å²) >= 11 is 1.21. The van der Waals surface area contributed by atoms with Crippen molar-refractivity contribution in [1.82, 2.24) is 15.5 Å². The van der Waals surface area contributed by atoms with Gasteiger partial charge in [-0.25, -0.2) is 0 Å². The van der Waals surface area contributed by atoms with E-state index < -0.39 is 24.0 Å². The van der Waals surface area contributed by atoms with E-state index in [1.165, 1.54) is 11.3 Å². The lowest BCUT2D eigenvalue weighted by Gasteiger charge is -2.19. The highest BCUT2D eigenvalue weighted by molar-refractivity contribution is 7.15. The smallest absolute Gasteiger partial charge is 0.341 e. The van der Waals surface area contributed by atoms with Gasteiger partial charge in [-0.2, -0.15) is 13.2 Å². The predicted molar refractivity (Wildman–Crippen MR) is 90.5 cm³/mol. The van der Waals surface area contributed by atoms with Gasteiger partial charge in [-0.1, -0.05) is 48.6 Å². The van der Waals surface area contributed by atoms with Crippen LogP contribution in [0.2, 0.25) is 0 Å². The molecule has 140 valence electrons. The van der Waals surface area contributed by atoms with Crippen molar-refractivity contribution in [2.75, 3.05) is 5.32 Å². The molecule has 1 atom stereocenters. The lowest BCUT2D eigenvalue weighted by Crippen LogP contribution is -2.40. The molecule has 0 saturated heterocycles. The minimum absolute atomic E-state index is 0.271. The zero-order chi connectivity index (χ0) is 19.2. The molecule has 0 aliphatic rings. The van der Waals surface area contributed by atoms with Gasteiger partial charge in [-0.3, -0.25) is 9.59 Å². The second-order valence-corrected chi connectivity index (χ2v) is 6.50. The van der Waals surface area contributed by atoms with E-state index in [0.29, 0.717) is 5.56 Å². The lowest BCUT2D eigenvalue weighted by atomic mass is 10.0. The molecule has 1 aromatic carbocycles. The van der Waals surface area contributed by atoms with Crippen LogP contribution in [0.15, 0.2) is 30.3 Å². The summed E-state index contributed by atoms with van der Waals surface area (Å²) in [6.45, 7) is 1.98. The van der Waals surface area contributed by atoms with Crippen molar-refractivity contribution < 1.29 is 22.8 Å². The van der Waals surface area contributed by atoms with E-state index in [4.69, 9.17) is 0 Å².